The number of ether oxygens (including phenoxy) is 1. The van der Waals surface area contributed by atoms with Gasteiger partial charge in [-0.15, -0.1) is 0 Å². The first-order valence-electron chi connectivity index (χ1n) is 3.53. The average molecular weight is 154 g/mol. The molecule has 11 heavy (non-hydrogen) atoms. The fourth-order valence-electron chi connectivity index (χ4n) is 0.656. The van der Waals surface area contributed by atoms with E-state index in [1.807, 2.05) is 13.8 Å². The zero-order chi connectivity index (χ0) is 8.85. The minimum absolute atomic E-state index is 0.312. The molecule has 0 atom stereocenters. The van der Waals surface area contributed by atoms with Crippen molar-refractivity contribution in [2.24, 2.45) is 5.92 Å². The first-order chi connectivity index (χ1) is 5.11. The van der Waals surface area contributed by atoms with E-state index >= 15 is 0 Å². The second-order valence-corrected chi connectivity index (χ2v) is 2.53. The lowest BCUT2D eigenvalue weighted by atomic mass is 10.0. The summed E-state index contributed by atoms with van der Waals surface area (Å²) in [5, 5.41) is 0. The highest BCUT2D eigenvalue weighted by Gasteiger charge is 2.01. The Kier molecular flexibility index (Phi) is 4.27. The molecule has 0 aromatic heterocycles. The Bertz CT molecular complexity index is 178. The number of carbonyl (C=O) groups excluding carboxylic acids is 1. The van der Waals surface area contributed by atoms with E-state index in [2.05, 4.69) is 11.3 Å². The number of hydrogen-bond donors (Lipinski definition) is 0. The quantitative estimate of drug-likeness (QED) is 0.352. The van der Waals surface area contributed by atoms with E-state index in [9.17, 15) is 4.79 Å². The van der Waals surface area contributed by atoms with E-state index in [0.29, 0.717) is 5.92 Å². The van der Waals surface area contributed by atoms with Crippen LogP contribution in [0.3, 0.4) is 0 Å². The monoisotopic (exact) mass is 154 g/mol. The topological polar surface area (TPSA) is 26.3 Å². The summed E-state index contributed by atoms with van der Waals surface area (Å²) in [6.07, 6.45) is 3.12. The molecule has 0 aromatic carbocycles. The van der Waals surface area contributed by atoms with Crippen molar-refractivity contribution in [3.63, 3.8) is 0 Å². The van der Waals surface area contributed by atoms with E-state index in [1.165, 1.54) is 13.2 Å². The van der Waals surface area contributed by atoms with Crippen LogP contribution >= 0.6 is 0 Å². The third-order valence-corrected chi connectivity index (χ3v) is 1.39. The van der Waals surface area contributed by atoms with Crippen LogP contribution in [-0.4, -0.2) is 13.1 Å². The van der Waals surface area contributed by atoms with Gasteiger partial charge in [0.1, 0.15) is 0 Å². The van der Waals surface area contributed by atoms with Gasteiger partial charge in [0.2, 0.25) is 0 Å². The molecule has 2 heteroatoms. The number of allylic oxidation sites excluding steroid dienone is 2. The maximum atomic E-state index is 10.7. The van der Waals surface area contributed by atoms with Gasteiger partial charge in [-0.3, -0.25) is 0 Å². The minimum atomic E-state index is -0.325. The number of esters is 1. The van der Waals surface area contributed by atoms with Crippen LogP contribution < -0.4 is 0 Å². The van der Waals surface area contributed by atoms with E-state index in [1.54, 1.807) is 6.08 Å². The highest BCUT2D eigenvalue weighted by atomic mass is 16.5. The Balaban J connectivity index is 4.35. The van der Waals surface area contributed by atoms with Gasteiger partial charge in [0.25, 0.3) is 0 Å². The number of hydrogen-bond acceptors (Lipinski definition) is 2. The van der Waals surface area contributed by atoms with Crippen molar-refractivity contribution in [2.45, 2.75) is 13.8 Å². The second kappa shape index (κ2) is 4.72. The molecule has 62 valence electrons. The second-order valence-electron chi connectivity index (χ2n) is 2.53. The van der Waals surface area contributed by atoms with E-state index in [4.69, 9.17) is 0 Å². The lowest BCUT2D eigenvalue weighted by Crippen LogP contribution is -1.99. The molecule has 0 radical (unpaired) electrons. The SMILES string of the molecule is C=CC(=CC(=O)OC)C(C)C. The third-order valence-electron chi connectivity index (χ3n) is 1.39. The van der Waals surface area contributed by atoms with E-state index in [-0.39, 0.29) is 5.97 Å². The molecule has 0 aliphatic carbocycles. The lowest BCUT2D eigenvalue weighted by molar-refractivity contribution is -0.134. The van der Waals surface area contributed by atoms with Crippen LogP contribution in [0.25, 0.3) is 0 Å². The van der Waals surface area contributed by atoms with Gasteiger partial charge < -0.3 is 4.74 Å². The zero-order valence-corrected chi connectivity index (χ0v) is 7.26. The van der Waals surface area contributed by atoms with Gasteiger partial charge in [0.15, 0.2) is 0 Å². The normalized spacial score (nSPS) is 11.5. The fourth-order valence-corrected chi connectivity index (χ4v) is 0.656. The molecule has 0 saturated heterocycles. The molecule has 0 heterocycles. The zero-order valence-electron chi connectivity index (χ0n) is 7.26. The summed E-state index contributed by atoms with van der Waals surface area (Å²) in [7, 11) is 1.36. The molecule has 0 N–H and O–H groups in total. The maximum Gasteiger partial charge on any atom is 0.330 e. The van der Waals surface area contributed by atoms with Crippen LogP contribution in [0.15, 0.2) is 24.3 Å². The molecule has 0 fully saturated rings. The highest BCUT2D eigenvalue weighted by Crippen LogP contribution is 2.09. The Hall–Kier alpha value is -1.05. The predicted octanol–water partition coefficient (Wildman–Crippen LogP) is 1.93. The average Bonchev–Trinajstić information content (AvgIpc) is 1.99. The molecule has 0 amide bonds. The highest BCUT2D eigenvalue weighted by molar-refractivity contribution is 5.83. The summed E-state index contributed by atoms with van der Waals surface area (Å²) in [5.41, 5.74) is 0.900. The van der Waals surface area contributed by atoms with Crippen LogP contribution in [0.5, 0.6) is 0 Å². The van der Waals surface area contributed by atoms with Gasteiger partial charge in [-0.25, -0.2) is 4.79 Å². The largest absolute Gasteiger partial charge is 0.466 e. The van der Waals surface area contributed by atoms with E-state index < -0.39 is 0 Å². The van der Waals surface area contributed by atoms with Crippen molar-refractivity contribution in [3.8, 4) is 0 Å². The first kappa shape index (κ1) is 9.95. The number of methoxy groups -OCH3 is 1. The summed E-state index contributed by atoms with van der Waals surface area (Å²) in [5.74, 6) is -0.0137. The van der Waals surface area contributed by atoms with Gasteiger partial charge in [0, 0.05) is 6.08 Å². The molecular formula is C9H14O2. The molecular weight excluding hydrogens is 140 g/mol. The van der Waals surface area contributed by atoms with Crippen LogP contribution in [0.2, 0.25) is 0 Å². The van der Waals surface area contributed by atoms with Crippen molar-refractivity contribution in [3.05, 3.63) is 24.3 Å². The van der Waals surface area contributed by atoms with Crippen LogP contribution in [0.1, 0.15) is 13.8 Å². The summed E-state index contributed by atoms with van der Waals surface area (Å²) in [6, 6.07) is 0. The van der Waals surface area contributed by atoms with E-state index in [0.717, 1.165) is 5.57 Å². The molecule has 0 rings (SSSR count). The van der Waals surface area contributed by atoms with Gasteiger partial charge in [0.05, 0.1) is 7.11 Å². The fraction of sp³-hybridized carbons (Fsp3) is 0.444. The molecule has 0 spiro atoms. The van der Waals surface area contributed by atoms with Crippen molar-refractivity contribution in [1.82, 2.24) is 0 Å². The molecule has 0 bridgehead atoms. The molecule has 0 saturated carbocycles. The van der Waals surface area contributed by atoms with Gasteiger partial charge >= 0.3 is 5.97 Å². The molecule has 2 nitrogen and oxygen atoms in total. The predicted molar refractivity (Wildman–Crippen MR) is 45.1 cm³/mol. The minimum Gasteiger partial charge on any atom is -0.466 e. The van der Waals surface area contributed by atoms with Crippen molar-refractivity contribution < 1.29 is 9.53 Å². The maximum absolute atomic E-state index is 10.7. The number of carbonyl (C=O) groups is 1. The molecule has 0 aliphatic heterocycles. The number of rotatable bonds is 3. The summed E-state index contributed by atoms with van der Waals surface area (Å²) >= 11 is 0. The molecule has 0 aliphatic rings. The van der Waals surface area contributed by atoms with Crippen molar-refractivity contribution in [1.29, 1.82) is 0 Å². The lowest BCUT2D eigenvalue weighted by Gasteiger charge is -2.03. The smallest absolute Gasteiger partial charge is 0.330 e. The van der Waals surface area contributed by atoms with Crippen LogP contribution in [0.4, 0.5) is 0 Å². The van der Waals surface area contributed by atoms with Crippen LogP contribution in [-0.2, 0) is 9.53 Å². The summed E-state index contributed by atoms with van der Waals surface area (Å²) in [6.45, 7) is 7.59. The van der Waals surface area contributed by atoms with Crippen molar-refractivity contribution in [2.75, 3.05) is 7.11 Å². The Morgan fingerprint density at radius 2 is 2.09 bits per heavy atom. The third kappa shape index (κ3) is 3.61. The van der Waals surface area contributed by atoms with Gasteiger partial charge in [-0.1, -0.05) is 26.5 Å². The Morgan fingerprint density at radius 3 is 2.36 bits per heavy atom. The van der Waals surface area contributed by atoms with Gasteiger partial charge in [-0.05, 0) is 11.5 Å². The Labute approximate surface area is 67.6 Å². The Morgan fingerprint density at radius 1 is 1.55 bits per heavy atom. The van der Waals surface area contributed by atoms with Crippen LogP contribution in [0, 0.1) is 5.92 Å². The first-order valence-corrected chi connectivity index (χ1v) is 3.53. The van der Waals surface area contributed by atoms with Crippen molar-refractivity contribution >= 4 is 5.97 Å². The standard InChI is InChI=1S/C9H14O2/c1-5-8(7(2)3)6-9(10)11-4/h5-7H,1H2,2-4H3. The van der Waals surface area contributed by atoms with Gasteiger partial charge in [-0.2, -0.15) is 0 Å². The summed E-state index contributed by atoms with van der Waals surface area (Å²) < 4.78 is 4.47. The molecule has 0 unspecified atom stereocenters. The summed E-state index contributed by atoms with van der Waals surface area (Å²) in [4.78, 5) is 10.7. The molecule has 0 aromatic rings.